The summed E-state index contributed by atoms with van der Waals surface area (Å²) in [5, 5.41) is 11.7. The van der Waals surface area contributed by atoms with Crippen LogP contribution in [0.3, 0.4) is 0 Å². The molecule has 148 valence electrons. The quantitative estimate of drug-likeness (QED) is 0.688. The van der Waals surface area contributed by atoms with Crippen molar-refractivity contribution >= 4 is 29.3 Å². The largest absolute Gasteiger partial charge is 0.481 e. The molecule has 0 heterocycles. The van der Waals surface area contributed by atoms with Gasteiger partial charge in [0.1, 0.15) is 11.6 Å². The van der Waals surface area contributed by atoms with E-state index in [0.717, 1.165) is 19.3 Å². The van der Waals surface area contributed by atoms with Gasteiger partial charge in [0.25, 0.3) is 5.91 Å². The van der Waals surface area contributed by atoms with Gasteiger partial charge in [-0.05, 0) is 74.1 Å². The van der Waals surface area contributed by atoms with E-state index in [4.69, 9.17) is 5.11 Å². The highest BCUT2D eigenvalue weighted by molar-refractivity contribution is 8.00. The van der Waals surface area contributed by atoms with Crippen LogP contribution in [0.2, 0.25) is 0 Å². The maximum absolute atomic E-state index is 14.2. The third kappa shape index (κ3) is 5.10. The van der Waals surface area contributed by atoms with Crippen molar-refractivity contribution in [2.24, 2.45) is 5.92 Å². The fraction of sp³-hybridized carbons (Fsp3) is 0.333. The van der Waals surface area contributed by atoms with Gasteiger partial charge in [-0.1, -0.05) is 0 Å². The summed E-state index contributed by atoms with van der Waals surface area (Å²) in [6.45, 7) is 1.61. The third-order valence-electron chi connectivity index (χ3n) is 4.86. The van der Waals surface area contributed by atoms with Gasteiger partial charge in [0, 0.05) is 27.8 Å². The number of thioether (sulfide) groups is 1. The van der Waals surface area contributed by atoms with Crippen molar-refractivity contribution in [3.63, 3.8) is 0 Å². The predicted octanol–water partition coefficient (Wildman–Crippen LogP) is 5.26. The molecule has 3 rings (SSSR count). The molecule has 28 heavy (non-hydrogen) atoms. The molecule has 1 aliphatic carbocycles. The minimum atomic E-state index is -0.809. The first-order valence-corrected chi connectivity index (χ1v) is 9.95. The number of nitrogens with one attached hydrogen (secondary N) is 1. The van der Waals surface area contributed by atoms with Crippen LogP contribution < -0.4 is 5.32 Å². The lowest BCUT2D eigenvalue weighted by atomic mass is 10.1. The lowest BCUT2D eigenvalue weighted by molar-refractivity contribution is -0.138. The molecule has 2 aromatic carbocycles. The van der Waals surface area contributed by atoms with Crippen molar-refractivity contribution in [3.05, 3.63) is 59.2 Å². The number of hydrogen-bond donors (Lipinski definition) is 2. The third-order valence-corrected chi connectivity index (χ3v) is 6.19. The number of anilines is 1. The van der Waals surface area contributed by atoms with E-state index < -0.39 is 17.7 Å². The molecule has 0 bridgehead atoms. The highest BCUT2D eigenvalue weighted by Crippen LogP contribution is 2.40. The zero-order valence-corrected chi connectivity index (χ0v) is 16.2. The number of amides is 1. The first kappa shape index (κ1) is 20.3. The molecule has 1 fully saturated rings. The molecule has 4 nitrogen and oxygen atoms in total. The van der Waals surface area contributed by atoms with Crippen LogP contribution in [0, 0.1) is 24.5 Å². The lowest BCUT2D eigenvalue weighted by Crippen LogP contribution is -2.12. The first-order chi connectivity index (χ1) is 13.3. The zero-order valence-electron chi connectivity index (χ0n) is 15.4. The Balaban J connectivity index is 1.68. The van der Waals surface area contributed by atoms with Gasteiger partial charge < -0.3 is 10.4 Å². The maximum atomic E-state index is 14.2. The summed E-state index contributed by atoms with van der Waals surface area (Å²) in [5.74, 6) is -1.84. The van der Waals surface area contributed by atoms with Gasteiger partial charge in [-0.2, -0.15) is 0 Å². The predicted molar refractivity (Wildman–Crippen MR) is 105 cm³/mol. The number of halogens is 2. The zero-order chi connectivity index (χ0) is 20.3. The van der Waals surface area contributed by atoms with Crippen molar-refractivity contribution in [2.75, 3.05) is 5.32 Å². The fourth-order valence-electron chi connectivity index (χ4n) is 3.41. The van der Waals surface area contributed by atoms with Crippen LogP contribution in [0.25, 0.3) is 0 Å². The summed E-state index contributed by atoms with van der Waals surface area (Å²) in [4.78, 5) is 23.7. The minimum Gasteiger partial charge on any atom is -0.481 e. The van der Waals surface area contributed by atoms with Crippen LogP contribution in [-0.2, 0) is 4.79 Å². The van der Waals surface area contributed by atoms with Crippen LogP contribution in [0.1, 0.15) is 41.6 Å². The van der Waals surface area contributed by atoms with Gasteiger partial charge in [0.2, 0.25) is 0 Å². The number of carbonyl (C=O) groups is 2. The lowest BCUT2D eigenvalue weighted by Gasteiger charge is -2.12. The van der Waals surface area contributed by atoms with Gasteiger partial charge in [-0.15, -0.1) is 11.8 Å². The van der Waals surface area contributed by atoms with Gasteiger partial charge in [0.15, 0.2) is 0 Å². The molecule has 0 spiro atoms. The molecule has 0 radical (unpaired) electrons. The van der Waals surface area contributed by atoms with Crippen molar-refractivity contribution in [1.29, 1.82) is 0 Å². The molecule has 2 atom stereocenters. The molecule has 7 heteroatoms. The van der Waals surface area contributed by atoms with E-state index in [1.54, 1.807) is 6.92 Å². The number of aryl methyl sites for hydroxylation is 1. The van der Waals surface area contributed by atoms with E-state index in [1.807, 2.05) is 0 Å². The number of benzene rings is 2. The molecule has 2 unspecified atom stereocenters. The molecule has 2 aromatic rings. The Morgan fingerprint density at radius 3 is 2.61 bits per heavy atom. The second kappa shape index (κ2) is 8.73. The summed E-state index contributed by atoms with van der Waals surface area (Å²) in [6, 6.07) is 8.47. The van der Waals surface area contributed by atoms with E-state index in [-0.39, 0.29) is 23.4 Å². The molecule has 0 aromatic heterocycles. The van der Waals surface area contributed by atoms with Crippen LogP contribution in [0.15, 0.2) is 41.3 Å². The Hall–Kier alpha value is -2.41. The SMILES string of the molecule is Cc1cc(NC(=O)c2ccc(F)c(SC3CCC(CC(=O)O)C3)c2)ccc1F. The molecule has 1 amide bonds. The summed E-state index contributed by atoms with van der Waals surface area (Å²) < 4.78 is 27.6. The Labute approximate surface area is 166 Å². The minimum absolute atomic E-state index is 0.117. The fourth-order valence-corrected chi connectivity index (χ4v) is 4.77. The van der Waals surface area contributed by atoms with Gasteiger partial charge >= 0.3 is 5.97 Å². The standard InChI is InChI=1S/C21H21F2NO3S/c1-12-8-15(4-7-17(12)22)24-21(27)14-3-6-18(23)19(11-14)28-16-5-2-13(9-16)10-20(25)26/h3-4,6-8,11,13,16H,2,5,9-10H2,1H3,(H,24,27)(H,25,26). The van der Waals surface area contributed by atoms with Crippen LogP contribution in [-0.4, -0.2) is 22.2 Å². The monoisotopic (exact) mass is 405 g/mol. The van der Waals surface area contributed by atoms with E-state index in [9.17, 15) is 18.4 Å². The maximum Gasteiger partial charge on any atom is 0.303 e. The van der Waals surface area contributed by atoms with E-state index in [2.05, 4.69) is 5.32 Å². The number of carboxylic acid groups (broad SMARTS) is 1. The Morgan fingerprint density at radius 1 is 1.14 bits per heavy atom. The van der Waals surface area contributed by atoms with E-state index in [1.165, 1.54) is 48.2 Å². The van der Waals surface area contributed by atoms with Gasteiger partial charge in [0.05, 0.1) is 0 Å². The van der Waals surface area contributed by atoms with Gasteiger partial charge in [-0.3, -0.25) is 9.59 Å². The molecule has 0 saturated heterocycles. The number of aliphatic carboxylic acids is 1. The Morgan fingerprint density at radius 2 is 1.89 bits per heavy atom. The van der Waals surface area contributed by atoms with Crippen molar-refractivity contribution < 1.29 is 23.5 Å². The highest BCUT2D eigenvalue weighted by Gasteiger charge is 2.28. The van der Waals surface area contributed by atoms with E-state index >= 15 is 0 Å². The normalized spacial score (nSPS) is 18.8. The summed E-state index contributed by atoms with van der Waals surface area (Å²) >= 11 is 1.35. The topological polar surface area (TPSA) is 66.4 Å². The average molecular weight is 405 g/mol. The molecule has 2 N–H and O–H groups in total. The average Bonchev–Trinajstić information content (AvgIpc) is 3.06. The highest BCUT2D eigenvalue weighted by atomic mass is 32.2. The molecule has 0 aliphatic heterocycles. The van der Waals surface area contributed by atoms with E-state index in [0.29, 0.717) is 21.7 Å². The first-order valence-electron chi connectivity index (χ1n) is 9.07. The summed E-state index contributed by atoms with van der Waals surface area (Å²) in [6.07, 6.45) is 2.50. The Kier molecular flexibility index (Phi) is 6.34. The van der Waals surface area contributed by atoms with Crippen molar-refractivity contribution in [3.8, 4) is 0 Å². The van der Waals surface area contributed by atoms with Crippen LogP contribution >= 0.6 is 11.8 Å². The molecule has 1 aliphatic rings. The second-order valence-electron chi connectivity index (χ2n) is 7.08. The molecule has 1 saturated carbocycles. The summed E-state index contributed by atoms with van der Waals surface area (Å²) in [7, 11) is 0. The van der Waals surface area contributed by atoms with Crippen molar-refractivity contribution in [2.45, 2.75) is 42.8 Å². The van der Waals surface area contributed by atoms with Gasteiger partial charge in [-0.25, -0.2) is 8.78 Å². The smallest absolute Gasteiger partial charge is 0.303 e. The van der Waals surface area contributed by atoms with Crippen molar-refractivity contribution in [1.82, 2.24) is 0 Å². The number of hydrogen-bond acceptors (Lipinski definition) is 3. The second-order valence-corrected chi connectivity index (χ2v) is 8.42. The van der Waals surface area contributed by atoms with Crippen LogP contribution in [0.5, 0.6) is 0 Å². The number of rotatable bonds is 6. The molecular weight excluding hydrogens is 384 g/mol. The summed E-state index contributed by atoms with van der Waals surface area (Å²) in [5.41, 5.74) is 1.20. The Bertz CT molecular complexity index is 903. The number of carboxylic acids is 1. The number of carbonyl (C=O) groups excluding carboxylic acids is 1. The van der Waals surface area contributed by atoms with Crippen LogP contribution in [0.4, 0.5) is 14.5 Å². The molecular formula is C21H21F2NO3S.